The third-order valence-corrected chi connectivity index (χ3v) is 2.99. The molecule has 0 aliphatic rings. The fourth-order valence-electron chi connectivity index (χ4n) is 1.85. The molecule has 0 fully saturated rings. The van der Waals surface area contributed by atoms with Gasteiger partial charge in [0.05, 0.1) is 0 Å². The van der Waals surface area contributed by atoms with Gasteiger partial charge in [-0.15, -0.1) is 0 Å². The average molecular weight is 248 g/mol. The lowest BCUT2D eigenvalue weighted by Crippen LogP contribution is -2.34. The first-order valence-corrected chi connectivity index (χ1v) is 6.49. The summed E-state index contributed by atoms with van der Waals surface area (Å²) >= 11 is 0. The molecule has 0 bridgehead atoms. The van der Waals surface area contributed by atoms with E-state index in [1.54, 1.807) is 0 Å². The molecule has 0 heterocycles. The number of nitrogens with one attached hydrogen (secondary N) is 1. The number of carbonyl (C=O) groups is 1. The van der Waals surface area contributed by atoms with Crippen LogP contribution in [-0.4, -0.2) is 12.5 Å². The molecule has 1 aromatic rings. The predicted molar refractivity (Wildman–Crippen MR) is 75.4 cm³/mol. The molecule has 1 rings (SSSR count). The van der Waals surface area contributed by atoms with Gasteiger partial charge in [0, 0.05) is 0 Å². The molecular weight excluding hydrogens is 224 g/mol. The summed E-state index contributed by atoms with van der Waals surface area (Å²) in [5.41, 5.74) is 7.74. The van der Waals surface area contributed by atoms with E-state index in [0.717, 1.165) is 18.5 Å². The van der Waals surface area contributed by atoms with Crippen LogP contribution in [0.1, 0.15) is 51.3 Å². The number of rotatable bonds is 5. The fraction of sp³-hybridized carbons (Fsp3) is 0.533. The van der Waals surface area contributed by atoms with Crippen molar-refractivity contribution in [2.24, 2.45) is 5.73 Å². The van der Waals surface area contributed by atoms with Gasteiger partial charge >= 0.3 is 0 Å². The van der Waals surface area contributed by atoms with Crippen LogP contribution in [0.2, 0.25) is 0 Å². The van der Waals surface area contributed by atoms with E-state index in [4.69, 9.17) is 5.73 Å². The van der Waals surface area contributed by atoms with Gasteiger partial charge in [-0.05, 0) is 29.5 Å². The van der Waals surface area contributed by atoms with Crippen LogP contribution in [0, 0.1) is 0 Å². The Hall–Kier alpha value is -1.35. The number of benzene rings is 1. The van der Waals surface area contributed by atoms with Crippen LogP contribution in [0.3, 0.4) is 0 Å². The van der Waals surface area contributed by atoms with E-state index >= 15 is 0 Å². The second-order valence-corrected chi connectivity index (χ2v) is 5.66. The number of nitrogens with two attached hydrogens (primary N) is 1. The predicted octanol–water partition coefficient (Wildman–Crippen LogP) is 2.51. The largest absolute Gasteiger partial charge is 0.368 e. The van der Waals surface area contributed by atoms with Crippen LogP contribution in [0.25, 0.3) is 0 Å². The zero-order valence-corrected chi connectivity index (χ0v) is 11.8. The number of hydrogen-bond acceptors (Lipinski definition) is 2. The normalized spacial score (nSPS) is 13.3. The van der Waals surface area contributed by atoms with E-state index in [1.165, 1.54) is 5.56 Å². The van der Waals surface area contributed by atoms with Gasteiger partial charge in [0.2, 0.25) is 5.91 Å². The Labute approximate surface area is 110 Å². The lowest BCUT2D eigenvalue weighted by molar-refractivity contribution is -0.120. The van der Waals surface area contributed by atoms with E-state index in [2.05, 4.69) is 45.1 Å². The molecule has 0 radical (unpaired) electrons. The van der Waals surface area contributed by atoms with Crippen LogP contribution >= 0.6 is 0 Å². The Bertz CT molecular complexity index is 390. The molecule has 1 aromatic carbocycles. The second kappa shape index (κ2) is 6.01. The molecule has 0 aliphatic heterocycles. The molecule has 100 valence electrons. The summed E-state index contributed by atoms with van der Waals surface area (Å²) in [5.74, 6) is -0.327. The van der Waals surface area contributed by atoms with Crippen LogP contribution < -0.4 is 11.1 Å². The van der Waals surface area contributed by atoms with Gasteiger partial charge in [-0.1, -0.05) is 52.0 Å². The van der Waals surface area contributed by atoms with Crippen molar-refractivity contribution in [3.8, 4) is 0 Å². The summed E-state index contributed by atoms with van der Waals surface area (Å²) in [6, 6.07) is 7.72. The summed E-state index contributed by atoms with van der Waals surface area (Å²) in [6.45, 7) is 9.36. The summed E-state index contributed by atoms with van der Waals surface area (Å²) in [4.78, 5) is 11.4. The molecule has 3 nitrogen and oxygen atoms in total. The maximum atomic E-state index is 11.4. The molecule has 1 unspecified atom stereocenters. The van der Waals surface area contributed by atoms with Gasteiger partial charge in [-0.25, -0.2) is 0 Å². The lowest BCUT2D eigenvalue weighted by Gasteiger charge is -2.21. The Kier molecular flexibility index (Phi) is 4.91. The molecule has 18 heavy (non-hydrogen) atoms. The van der Waals surface area contributed by atoms with Crippen LogP contribution in [0.5, 0.6) is 0 Å². The molecule has 0 spiro atoms. The fourth-order valence-corrected chi connectivity index (χ4v) is 1.85. The average Bonchev–Trinajstić information content (AvgIpc) is 2.28. The Morgan fingerprint density at radius 3 is 2.22 bits per heavy atom. The van der Waals surface area contributed by atoms with Gasteiger partial charge in [0.15, 0.2) is 0 Å². The van der Waals surface area contributed by atoms with Crippen molar-refractivity contribution < 1.29 is 4.79 Å². The highest BCUT2D eigenvalue weighted by molar-refractivity contribution is 5.81. The van der Waals surface area contributed by atoms with E-state index in [1.807, 2.05) is 12.1 Å². The third-order valence-electron chi connectivity index (χ3n) is 2.99. The van der Waals surface area contributed by atoms with Crippen molar-refractivity contribution >= 4 is 5.91 Å². The highest BCUT2D eigenvalue weighted by atomic mass is 16.1. The summed E-state index contributed by atoms with van der Waals surface area (Å²) in [6.07, 6.45) is 0.976. The van der Waals surface area contributed by atoms with Crippen molar-refractivity contribution in [2.75, 3.05) is 6.54 Å². The van der Waals surface area contributed by atoms with Crippen molar-refractivity contribution in [1.29, 1.82) is 0 Å². The van der Waals surface area contributed by atoms with Crippen molar-refractivity contribution in [3.05, 3.63) is 35.4 Å². The van der Waals surface area contributed by atoms with Crippen molar-refractivity contribution in [1.82, 2.24) is 5.32 Å². The molecule has 0 saturated heterocycles. The monoisotopic (exact) mass is 248 g/mol. The van der Waals surface area contributed by atoms with Crippen molar-refractivity contribution in [2.45, 2.75) is 45.6 Å². The molecule has 3 N–H and O–H groups in total. The lowest BCUT2D eigenvalue weighted by atomic mass is 9.86. The Morgan fingerprint density at radius 2 is 1.83 bits per heavy atom. The quantitative estimate of drug-likeness (QED) is 0.841. The van der Waals surface area contributed by atoms with Crippen molar-refractivity contribution in [3.63, 3.8) is 0 Å². The van der Waals surface area contributed by atoms with Gasteiger partial charge in [0.1, 0.15) is 6.04 Å². The molecule has 0 saturated carbocycles. The highest BCUT2D eigenvalue weighted by Gasteiger charge is 2.18. The molecular formula is C15H24N2O. The minimum atomic E-state index is -0.390. The van der Waals surface area contributed by atoms with E-state index in [9.17, 15) is 4.79 Å². The first-order chi connectivity index (χ1) is 8.36. The topological polar surface area (TPSA) is 55.1 Å². The third kappa shape index (κ3) is 3.84. The number of carbonyl (C=O) groups excluding carboxylic acids is 1. The van der Waals surface area contributed by atoms with E-state index in [-0.39, 0.29) is 17.4 Å². The van der Waals surface area contributed by atoms with E-state index < -0.39 is 0 Å². The smallest absolute Gasteiger partial charge is 0.239 e. The van der Waals surface area contributed by atoms with Crippen LogP contribution in [-0.2, 0) is 10.2 Å². The molecule has 0 aromatic heterocycles. The standard InChI is InChI=1S/C15H24N2O/c1-5-10-17-13(14(16)18)11-6-8-12(9-7-11)15(2,3)4/h6-9,13,17H,5,10H2,1-4H3,(H2,16,18). The minimum absolute atomic E-state index is 0.123. The summed E-state index contributed by atoms with van der Waals surface area (Å²) in [5, 5.41) is 3.17. The van der Waals surface area contributed by atoms with Crippen LogP contribution in [0.4, 0.5) is 0 Å². The minimum Gasteiger partial charge on any atom is -0.368 e. The molecule has 1 amide bonds. The molecule has 0 aliphatic carbocycles. The van der Waals surface area contributed by atoms with Gasteiger partial charge < -0.3 is 11.1 Å². The summed E-state index contributed by atoms with van der Waals surface area (Å²) in [7, 11) is 0. The number of hydrogen-bond donors (Lipinski definition) is 2. The van der Waals surface area contributed by atoms with E-state index in [0.29, 0.717) is 0 Å². The maximum absolute atomic E-state index is 11.4. The SMILES string of the molecule is CCCNC(C(N)=O)c1ccc(C(C)(C)C)cc1. The molecule has 3 heteroatoms. The first-order valence-electron chi connectivity index (χ1n) is 6.49. The van der Waals surface area contributed by atoms with Gasteiger partial charge in [-0.2, -0.15) is 0 Å². The van der Waals surface area contributed by atoms with Gasteiger partial charge in [-0.3, -0.25) is 4.79 Å². The highest BCUT2D eigenvalue weighted by Crippen LogP contribution is 2.23. The molecule has 1 atom stereocenters. The number of amides is 1. The van der Waals surface area contributed by atoms with Gasteiger partial charge in [0.25, 0.3) is 0 Å². The van der Waals surface area contributed by atoms with Crippen LogP contribution in [0.15, 0.2) is 24.3 Å². The summed E-state index contributed by atoms with van der Waals surface area (Å²) < 4.78 is 0. The zero-order valence-electron chi connectivity index (χ0n) is 11.8. The Balaban J connectivity index is 2.90. The maximum Gasteiger partial charge on any atom is 0.239 e. The second-order valence-electron chi connectivity index (χ2n) is 5.66. The Morgan fingerprint density at radius 1 is 1.28 bits per heavy atom. The first kappa shape index (κ1) is 14.7. The zero-order chi connectivity index (χ0) is 13.8. The number of primary amides is 1.